The van der Waals surface area contributed by atoms with Crippen LogP contribution in [0.3, 0.4) is 0 Å². The van der Waals surface area contributed by atoms with Crippen LogP contribution in [0.5, 0.6) is 11.6 Å². The molecule has 0 fully saturated rings. The number of benzene rings is 1. The monoisotopic (exact) mass is 367 g/mol. The molecule has 1 aromatic carbocycles. The first kappa shape index (κ1) is 16.7. The largest absolute Gasteiger partial charge is 0.437 e. The fourth-order valence-electron chi connectivity index (χ4n) is 2.85. The van der Waals surface area contributed by atoms with Crippen LogP contribution in [0.15, 0.2) is 54.3 Å². The average molecular weight is 367 g/mol. The van der Waals surface area contributed by atoms with Crippen molar-refractivity contribution in [3.05, 3.63) is 64.7 Å². The molecule has 1 unspecified atom stereocenters. The van der Waals surface area contributed by atoms with Crippen LogP contribution >= 0.6 is 11.3 Å². The quantitative estimate of drug-likeness (QED) is 0.738. The van der Waals surface area contributed by atoms with Crippen molar-refractivity contribution in [2.24, 2.45) is 0 Å². The molecule has 0 radical (unpaired) electrons. The van der Waals surface area contributed by atoms with Gasteiger partial charge in [0, 0.05) is 29.0 Å². The number of fused-ring (bicyclic) bond motifs is 1. The molecule has 1 aliphatic rings. The van der Waals surface area contributed by atoms with Crippen LogP contribution in [0.1, 0.15) is 23.0 Å². The lowest BCUT2D eigenvalue weighted by molar-refractivity contribution is -0.119. The van der Waals surface area contributed by atoms with E-state index in [0.29, 0.717) is 30.3 Å². The van der Waals surface area contributed by atoms with E-state index in [2.05, 4.69) is 26.7 Å². The third-order valence-electron chi connectivity index (χ3n) is 4.01. The van der Waals surface area contributed by atoms with Gasteiger partial charge in [0.2, 0.25) is 11.8 Å². The summed E-state index contributed by atoms with van der Waals surface area (Å²) in [5.74, 6) is 0.891. The van der Waals surface area contributed by atoms with Crippen molar-refractivity contribution in [3.63, 3.8) is 0 Å². The summed E-state index contributed by atoms with van der Waals surface area (Å²) in [4.78, 5) is 21.6. The highest BCUT2D eigenvalue weighted by Gasteiger charge is 2.24. The minimum Gasteiger partial charge on any atom is -0.437 e. The van der Waals surface area contributed by atoms with Gasteiger partial charge in [0.25, 0.3) is 0 Å². The molecular weight excluding hydrogens is 350 g/mol. The highest BCUT2D eigenvalue weighted by Crippen LogP contribution is 2.34. The lowest BCUT2D eigenvalue weighted by Gasteiger charge is -2.22. The zero-order valence-corrected chi connectivity index (χ0v) is 14.7. The number of aromatic nitrogens is 2. The molecule has 4 rings (SSSR count). The summed E-state index contributed by atoms with van der Waals surface area (Å²) in [6.07, 6.45) is 5.71. The Balaban J connectivity index is 1.40. The van der Waals surface area contributed by atoms with Gasteiger partial charge in [0.1, 0.15) is 11.9 Å². The SMILES string of the molecule is O=C(CC1OCCc2ccsc21)Nc1cccc(Oc2cnccn2)c1. The number of anilines is 1. The molecule has 1 N–H and O–H groups in total. The molecular formula is C19H17N3O3S. The molecule has 3 heterocycles. The summed E-state index contributed by atoms with van der Waals surface area (Å²) in [6.45, 7) is 0.656. The molecule has 0 spiro atoms. The minimum atomic E-state index is -0.169. The Bertz CT molecular complexity index is 898. The van der Waals surface area contributed by atoms with E-state index in [-0.39, 0.29) is 12.0 Å². The maximum absolute atomic E-state index is 12.4. The van der Waals surface area contributed by atoms with E-state index in [4.69, 9.17) is 9.47 Å². The number of nitrogens with zero attached hydrogens (tertiary/aromatic N) is 2. The van der Waals surface area contributed by atoms with Gasteiger partial charge < -0.3 is 14.8 Å². The summed E-state index contributed by atoms with van der Waals surface area (Å²) < 4.78 is 11.4. The third-order valence-corrected chi connectivity index (χ3v) is 5.07. The van der Waals surface area contributed by atoms with Crippen molar-refractivity contribution in [1.29, 1.82) is 0 Å². The Labute approximate surface area is 154 Å². The average Bonchev–Trinajstić information content (AvgIpc) is 3.13. The van der Waals surface area contributed by atoms with E-state index >= 15 is 0 Å². The molecule has 132 valence electrons. The number of hydrogen-bond acceptors (Lipinski definition) is 6. The van der Waals surface area contributed by atoms with Crippen LogP contribution in [0, 0.1) is 0 Å². The van der Waals surface area contributed by atoms with Crippen LogP contribution in [0.25, 0.3) is 0 Å². The normalized spacial score (nSPS) is 15.9. The molecule has 7 heteroatoms. The summed E-state index contributed by atoms with van der Waals surface area (Å²) >= 11 is 1.65. The zero-order chi connectivity index (χ0) is 17.8. The van der Waals surface area contributed by atoms with Gasteiger partial charge in [-0.3, -0.25) is 9.78 Å². The standard InChI is InChI=1S/C19H17N3O3S/c23-17(11-16-19-13(4-8-24-16)5-9-26-19)22-14-2-1-3-15(10-14)25-18-12-20-6-7-21-18/h1-3,5-7,9-10,12,16H,4,8,11H2,(H,22,23). The predicted octanol–water partition coefficient (Wildman–Crippen LogP) is 3.97. The second-order valence-corrected chi connectivity index (χ2v) is 6.79. The lowest BCUT2D eigenvalue weighted by atomic mass is 10.1. The Morgan fingerprint density at radius 2 is 2.31 bits per heavy atom. The Kier molecular flexibility index (Phi) is 4.90. The van der Waals surface area contributed by atoms with Gasteiger partial charge in [0.05, 0.1) is 19.2 Å². The maximum Gasteiger partial charge on any atom is 0.237 e. The van der Waals surface area contributed by atoms with Gasteiger partial charge in [-0.1, -0.05) is 6.07 Å². The van der Waals surface area contributed by atoms with Crippen molar-refractivity contribution in [3.8, 4) is 11.6 Å². The van der Waals surface area contributed by atoms with Gasteiger partial charge in [-0.15, -0.1) is 11.3 Å². The third kappa shape index (κ3) is 3.89. The lowest BCUT2D eigenvalue weighted by Crippen LogP contribution is -2.21. The molecule has 0 aliphatic carbocycles. The molecule has 1 amide bonds. The first-order chi connectivity index (χ1) is 12.8. The van der Waals surface area contributed by atoms with Crippen LogP contribution < -0.4 is 10.1 Å². The Morgan fingerprint density at radius 1 is 1.35 bits per heavy atom. The van der Waals surface area contributed by atoms with Crippen molar-refractivity contribution in [2.75, 3.05) is 11.9 Å². The molecule has 2 aromatic heterocycles. The van der Waals surface area contributed by atoms with E-state index in [0.717, 1.165) is 11.3 Å². The summed E-state index contributed by atoms with van der Waals surface area (Å²) in [7, 11) is 0. The van der Waals surface area contributed by atoms with Gasteiger partial charge in [-0.05, 0) is 35.6 Å². The highest BCUT2D eigenvalue weighted by molar-refractivity contribution is 7.10. The second-order valence-electron chi connectivity index (χ2n) is 5.85. The smallest absolute Gasteiger partial charge is 0.237 e. The number of nitrogens with one attached hydrogen (secondary N) is 1. The fourth-order valence-corrected chi connectivity index (χ4v) is 3.86. The van der Waals surface area contributed by atoms with Crippen molar-refractivity contribution < 1.29 is 14.3 Å². The predicted molar refractivity (Wildman–Crippen MR) is 98.5 cm³/mol. The van der Waals surface area contributed by atoms with E-state index in [1.54, 1.807) is 35.9 Å². The molecule has 26 heavy (non-hydrogen) atoms. The number of thiophene rings is 1. The van der Waals surface area contributed by atoms with E-state index in [1.807, 2.05) is 12.1 Å². The number of ether oxygens (including phenoxy) is 2. The summed E-state index contributed by atoms with van der Waals surface area (Å²) in [6, 6.07) is 9.30. The van der Waals surface area contributed by atoms with Crippen LogP contribution in [0.2, 0.25) is 0 Å². The summed E-state index contributed by atoms with van der Waals surface area (Å²) in [5.41, 5.74) is 1.96. The molecule has 1 atom stereocenters. The number of rotatable bonds is 5. The maximum atomic E-state index is 12.4. The van der Waals surface area contributed by atoms with Gasteiger partial charge in [-0.25, -0.2) is 4.98 Å². The molecule has 6 nitrogen and oxygen atoms in total. The van der Waals surface area contributed by atoms with E-state index in [9.17, 15) is 4.79 Å². The molecule has 3 aromatic rings. The second kappa shape index (κ2) is 7.63. The van der Waals surface area contributed by atoms with Gasteiger partial charge in [-0.2, -0.15) is 0 Å². The van der Waals surface area contributed by atoms with Gasteiger partial charge in [0.15, 0.2) is 0 Å². The highest BCUT2D eigenvalue weighted by atomic mass is 32.1. The van der Waals surface area contributed by atoms with Crippen LogP contribution in [0.4, 0.5) is 5.69 Å². The first-order valence-electron chi connectivity index (χ1n) is 8.29. The van der Waals surface area contributed by atoms with Crippen LogP contribution in [-0.4, -0.2) is 22.5 Å². The number of carbonyl (C=O) groups is 1. The van der Waals surface area contributed by atoms with Crippen molar-refractivity contribution >= 4 is 22.9 Å². The fraction of sp³-hybridized carbons (Fsp3) is 0.211. The van der Waals surface area contributed by atoms with Crippen molar-refractivity contribution in [2.45, 2.75) is 18.9 Å². The molecule has 0 saturated carbocycles. The van der Waals surface area contributed by atoms with E-state index < -0.39 is 0 Å². The summed E-state index contributed by atoms with van der Waals surface area (Å²) in [5, 5.41) is 4.96. The zero-order valence-electron chi connectivity index (χ0n) is 13.9. The van der Waals surface area contributed by atoms with E-state index in [1.165, 1.54) is 11.8 Å². The van der Waals surface area contributed by atoms with Crippen molar-refractivity contribution in [1.82, 2.24) is 9.97 Å². The molecule has 0 bridgehead atoms. The number of amides is 1. The molecule has 1 aliphatic heterocycles. The minimum absolute atomic E-state index is 0.0899. The topological polar surface area (TPSA) is 73.3 Å². The van der Waals surface area contributed by atoms with Crippen LogP contribution in [-0.2, 0) is 16.0 Å². The number of carbonyl (C=O) groups excluding carboxylic acids is 1. The first-order valence-corrected chi connectivity index (χ1v) is 9.17. The molecule has 0 saturated heterocycles. The number of hydrogen-bond donors (Lipinski definition) is 1. The Hall–Kier alpha value is -2.77. The van der Waals surface area contributed by atoms with Gasteiger partial charge >= 0.3 is 0 Å². The Morgan fingerprint density at radius 3 is 3.19 bits per heavy atom.